The van der Waals surface area contributed by atoms with E-state index in [9.17, 15) is 18.0 Å². The Kier molecular flexibility index (Phi) is 6.33. The number of aryl methyl sites for hydroxylation is 1. The molecule has 0 bridgehead atoms. The Morgan fingerprint density at radius 2 is 1.79 bits per heavy atom. The Balaban J connectivity index is 1.58. The Labute approximate surface area is 208 Å². The number of carbonyl (C=O) groups is 2. The van der Waals surface area contributed by atoms with Crippen molar-refractivity contribution in [3.63, 3.8) is 0 Å². The number of carbonyl (C=O) groups excluding carboxylic acids is 2. The lowest BCUT2D eigenvalue weighted by atomic mass is 10.1. The van der Waals surface area contributed by atoms with Crippen LogP contribution in [0.3, 0.4) is 0 Å². The van der Waals surface area contributed by atoms with Gasteiger partial charge in [0.05, 0.1) is 21.2 Å². The maximum Gasteiger partial charge on any atom is 0.296 e. The average Bonchev–Trinajstić information content (AvgIpc) is 3.31. The third-order valence-electron chi connectivity index (χ3n) is 4.74. The minimum Gasteiger partial charge on any atom is -0.320 e. The monoisotopic (exact) mass is 533 g/mol. The predicted molar refractivity (Wildman–Crippen MR) is 131 cm³/mol. The molecule has 13 heteroatoms. The average molecular weight is 534 g/mol. The zero-order valence-electron chi connectivity index (χ0n) is 17.2. The highest BCUT2D eigenvalue weighted by molar-refractivity contribution is 7.92. The van der Waals surface area contributed by atoms with E-state index in [4.69, 9.17) is 29.8 Å². The SMILES string of the molecule is [C-]#[N+]/N=C(\Nc1ccc(N2C(=O)c3ccc(Cl)cc3C2=O)c(C)c1)NS(=O)(=O)c1ccc(Cl)s1. The van der Waals surface area contributed by atoms with Gasteiger partial charge in [0.2, 0.25) is 0 Å². The standard InChI is InChI=1S/C21H13Cl2N5O4S2/c1-11-9-13(25-21(26-24-2)27-34(31,32)18-8-7-17(23)33-18)4-6-16(11)28-19(29)14-5-3-12(22)10-15(14)20(28)30/h3-10H,1H3,(H2,25,26,27). The number of rotatable bonds is 4. The van der Waals surface area contributed by atoms with Crippen molar-refractivity contribution < 1.29 is 18.0 Å². The van der Waals surface area contributed by atoms with Crippen LogP contribution in [0.15, 0.2) is 57.8 Å². The summed E-state index contributed by atoms with van der Waals surface area (Å²) in [4.78, 5) is 29.6. The van der Waals surface area contributed by atoms with Crippen molar-refractivity contribution in [3.05, 3.63) is 86.1 Å². The molecule has 0 fully saturated rings. The Morgan fingerprint density at radius 1 is 1.06 bits per heavy atom. The molecule has 0 saturated heterocycles. The third-order valence-corrected chi connectivity index (χ3v) is 8.04. The molecule has 172 valence electrons. The van der Waals surface area contributed by atoms with Crippen LogP contribution in [0, 0.1) is 13.5 Å². The molecule has 0 unspecified atom stereocenters. The number of guanidine groups is 1. The lowest BCUT2D eigenvalue weighted by molar-refractivity contribution is 0.0926. The minimum absolute atomic E-state index is 0.0470. The molecule has 1 aromatic heterocycles. The van der Waals surface area contributed by atoms with E-state index in [0.29, 0.717) is 26.3 Å². The summed E-state index contributed by atoms with van der Waals surface area (Å²) in [6, 6.07) is 11.9. The number of anilines is 2. The van der Waals surface area contributed by atoms with E-state index >= 15 is 0 Å². The van der Waals surface area contributed by atoms with Crippen LogP contribution in [0.1, 0.15) is 26.3 Å². The first kappa shape index (κ1) is 23.7. The Bertz CT molecular complexity index is 1530. The van der Waals surface area contributed by atoms with Gasteiger partial charge in [-0.05, 0) is 61.0 Å². The molecule has 3 aromatic rings. The minimum atomic E-state index is -4.02. The second-order valence-electron chi connectivity index (χ2n) is 6.97. The maximum atomic E-state index is 12.8. The van der Waals surface area contributed by atoms with E-state index in [1.165, 1.54) is 36.4 Å². The molecular formula is C21H13Cl2N5O4S2. The Hall–Kier alpha value is -3.43. The number of nitrogens with one attached hydrogen (secondary N) is 2. The van der Waals surface area contributed by atoms with E-state index < -0.39 is 21.8 Å². The Morgan fingerprint density at radius 3 is 2.44 bits per heavy atom. The first-order valence-corrected chi connectivity index (χ1v) is 12.4. The van der Waals surface area contributed by atoms with Crippen LogP contribution in [0.25, 0.3) is 4.95 Å². The zero-order valence-corrected chi connectivity index (χ0v) is 20.3. The predicted octanol–water partition coefficient (Wildman–Crippen LogP) is 4.74. The molecule has 0 spiro atoms. The molecule has 0 atom stereocenters. The summed E-state index contributed by atoms with van der Waals surface area (Å²) in [5.74, 6) is -1.30. The number of halogens is 2. The number of nitrogens with zero attached hydrogens (tertiary/aromatic N) is 3. The molecule has 34 heavy (non-hydrogen) atoms. The highest BCUT2D eigenvalue weighted by Crippen LogP contribution is 2.33. The number of hydrogen-bond acceptors (Lipinski definition) is 6. The maximum absolute atomic E-state index is 12.8. The fraction of sp³-hybridized carbons (Fsp3) is 0.0476. The van der Waals surface area contributed by atoms with Crippen molar-refractivity contribution in [3.8, 4) is 0 Å². The topological polar surface area (TPSA) is 112 Å². The van der Waals surface area contributed by atoms with Crippen LogP contribution < -0.4 is 14.9 Å². The molecule has 0 radical (unpaired) electrons. The summed E-state index contributed by atoms with van der Waals surface area (Å²) in [5.41, 5.74) is 1.74. The molecule has 0 aliphatic carbocycles. The van der Waals surface area contributed by atoms with Crippen LogP contribution in [-0.2, 0) is 10.0 Å². The quantitative estimate of drug-likeness (QED) is 0.165. The van der Waals surface area contributed by atoms with Crippen molar-refractivity contribution >= 4 is 73.7 Å². The van der Waals surface area contributed by atoms with Crippen LogP contribution in [0.5, 0.6) is 0 Å². The molecule has 4 rings (SSSR count). The lowest BCUT2D eigenvalue weighted by Gasteiger charge is -2.18. The van der Waals surface area contributed by atoms with Gasteiger partial charge in [-0.1, -0.05) is 23.2 Å². The number of fused-ring (bicyclic) bond motifs is 1. The number of thiophene rings is 1. The molecule has 2 heterocycles. The number of benzene rings is 2. The second-order valence-corrected chi connectivity index (χ2v) is 11.0. The first-order valence-electron chi connectivity index (χ1n) is 9.39. The van der Waals surface area contributed by atoms with Gasteiger partial charge in [0.25, 0.3) is 27.8 Å². The summed E-state index contributed by atoms with van der Waals surface area (Å²) in [6.45, 7) is 8.66. The normalized spacial score (nSPS) is 13.6. The highest BCUT2D eigenvalue weighted by atomic mass is 35.5. The van der Waals surface area contributed by atoms with Gasteiger partial charge in [-0.3, -0.25) is 9.59 Å². The molecular weight excluding hydrogens is 521 g/mol. The van der Waals surface area contributed by atoms with Gasteiger partial charge in [-0.2, -0.15) is 6.57 Å². The van der Waals surface area contributed by atoms with Crippen LogP contribution in [0.4, 0.5) is 11.4 Å². The van der Waals surface area contributed by atoms with E-state index in [1.54, 1.807) is 19.1 Å². The third kappa shape index (κ3) is 4.49. The summed E-state index contributed by atoms with van der Waals surface area (Å²) in [6.07, 6.45) is 0. The van der Waals surface area contributed by atoms with Crippen molar-refractivity contribution in [2.45, 2.75) is 11.1 Å². The second kappa shape index (κ2) is 9.08. The highest BCUT2D eigenvalue weighted by Gasteiger charge is 2.37. The van der Waals surface area contributed by atoms with Crippen molar-refractivity contribution in [1.29, 1.82) is 0 Å². The largest absolute Gasteiger partial charge is 0.320 e. The molecule has 2 N–H and O–H groups in total. The molecule has 1 aliphatic heterocycles. The van der Waals surface area contributed by atoms with Gasteiger partial charge >= 0.3 is 0 Å². The van der Waals surface area contributed by atoms with Gasteiger partial charge in [0, 0.05) is 10.7 Å². The van der Waals surface area contributed by atoms with Gasteiger partial charge in [-0.15, -0.1) is 16.3 Å². The van der Waals surface area contributed by atoms with Crippen molar-refractivity contribution in [2.75, 3.05) is 10.2 Å². The van der Waals surface area contributed by atoms with Gasteiger partial charge in [0.1, 0.15) is 9.31 Å². The van der Waals surface area contributed by atoms with E-state index in [0.717, 1.165) is 16.2 Å². The summed E-state index contributed by atoms with van der Waals surface area (Å²) >= 11 is 12.6. The number of amides is 2. The fourth-order valence-electron chi connectivity index (χ4n) is 3.29. The molecule has 9 nitrogen and oxygen atoms in total. The number of imide groups is 1. The van der Waals surface area contributed by atoms with Gasteiger partial charge in [0.15, 0.2) is 0 Å². The lowest BCUT2D eigenvalue weighted by Crippen LogP contribution is -2.35. The summed E-state index contributed by atoms with van der Waals surface area (Å²) < 4.78 is 27.5. The number of sulfonamides is 1. The zero-order chi connectivity index (χ0) is 24.6. The van der Waals surface area contributed by atoms with Gasteiger partial charge in [-0.25, -0.2) is 18.0 Å². The molecule has 2 aromatic carbocycles. The first-order chi connectivity index (χ1) is 16.1. The van der Waals surface area contributed by atoms with Crippen molar-refractivity contribution in [2.24, 2.45) is 5.10 Å². The van der Waals surface area contributed by atoms with Crippen LogP contribution >= 0.6 is 34.5 Å². The smallest absolute Gasteiger partial charge is 0.296 e. The summed E-state index contributed by atoms with van der Waals surface area (Å²) in [5, 5.41) is 6.55. The number of hydrogen-bond donors (Lipinski definition) is 2. The molecule has 2 amide bonds. The van der Waals surface area contributed by atoms with Gasteiger partial charge < -0.3 is 5.32 Å². The van der Waals surface area contributed by atoms with E-state index in [1.807, 2.05) is 0 Å². The van der Waals surface area contributed by atoms with E-state index in [2.05, 4.69) is 20.1 Å². The summed E-state index contributed by atoms with van der Waals surface area (Å²) in [7, 11) is -4.02. The van der Waals surface area contributed by atoms with Crippen molar-refractivity contribution in [1.82, 2.24) is 4.72 Å². The van der Waals surface area contributed by atoms with Crippen LogP contribution in [-0.4, -0.2) is 26.2 Å². The fourth-order valence-corrected chi connectivity index (χ4v) is 5.91. The van der Waals surface area contributed by atoms with Crippen LogP contribution in [0.2, 0.25) is 9.36 Å². The molecule has 0 saturated carbocycles. The van der Waals surface area contributed by atoms with E-state index in [-0.39, 0.29) is 21.3 Å². The molecule has 1 aliphatic rings.